The highest BCUT2D eigenvalue weighted by Crippen LogP contribution is 2.33. The van der Waals surface area contributed by atoms with E-state index in [-0.39, 0.29) is 0 Å². The number of carboxylic acids is 1. The molecule has 0 aromatic heterocycles. The average molecular weight is 227 g/mol. The summed E-state index contributed by atoms with van der Waals surface area (Å²) in [5.41, 5.74) is -0.645. The normalized spacial score (nSPS) is 28.0. The standard InChI is InChI=1S/C13H25NO2/c1-5-13(6-2,12(15)16)14-9-7-8-10(3)11(14)4/h10-11H,5-9H2,1-4H3,(H,15,16). The van der Waals surface area contributed by atoms with E-state index in [0.29, 0.717) is 24.8 Å². The van der Waals surface area contributed by atoms with Gasteiger partial charge in [0.05, 0.1) is 0 Å². The number of carboxylic acid groups (broad SMARTS) is 1. The molecule has 1 aliphatic rings. The summed E-state index contributed by atoms with van der Waals surface area (Å²) >= 11 is 0. The Hall–Kier alpha value is -0.570. The monoisotopic (exact) mass is 227 g/mol. The van der Waals surface area contributed by atoms with Crippen molar-refractivity contribution in [1.82, 2.24) is 4.90 Å². The Kier molecular flexibility index (Phi) is 4.36. The highest BCUT2D eigenvalue weighted by Gasteiger charge is 2.45. The molecule has 1 heterocycles. The second-order valence-electron chi connectivity index (χ2n) is 5.10. The van der Waals surface area contributed by atoms with Crippen molar-refractivity contribution < 1.29 is 9.90 Å². The molecule has 1 rings (SSSR count). The molecule has 0 radical (unpaired) electrons. The van der Waals surface area contributed by atoms with Crippen LogP contribution in [0.1, 0.15) is 53.4 Å². The zero-order chi connectivity index (χ0) is 12.3. The molecule has 0 aromatic rings. The maximum atomic E-state index is 11.6. The first kappa shape index (κ1) is 13.5. The highest BCUT2D eigenvalue weighted by atomic mass is 16.4. The third kappa shape index (κ3) is 2.10. The van der Waals surface area contributed by atoms with Gasteiger partial charge in [-0.2, -0.15) is 0 Å². The Morgan fingerprint density at radius 3 is 2.38 bits per heavy atom. The van der Waals surface area contributed by atoms with Gasteiger partial charge in [0.25, 0.3) is 0 Å². The van der Waals surface area contributed by atoms with E-state index in [1.165, 1.54) is 6.42 Å². The third-order valence-corrected chi connectivity index (χ3v) is 4.49. The highest BCUT2D eigenvalue weighted by molar-refractivity contribution is 5.78. The number of aliphatic carboxylic acids is 1. The van der Waals surface area contributed by atoms with E-state index in [1.807, 2.05) is 13.8 Å². The first-order chi connectivity index (χ1) is 7.49. The SMILES string of the molecule is CCC(CC)(C(=O)O)N1CCCC(C)C1C. The fourth-order valence-electron chi connectivity index (χ4n) is 3.02. The van der Waals surface area contributed by atoms with Crippen molar-refractivity contribution >= 4 is 5.97 Å². The molecule has 1 saturated heterocycles. The first-order valence-corrected chi connectivity index (χ1v) is 6.49. The molecule has 1 aliphatic heterocycles. The lowest BCUT2D eigenvalue weighted by Crippen LogP contribution is -2.60. The molecule has 2 atom stereocenters. The Labute approximate surface area is 98.8 Å². The van der Waals surface area contributed by atoms with Crippen LogP contribution in [0.5, 0.6) is 0 Å². The van der Waals surface area contributed by atoms with Crippen molar-refractivity contribution in [3.05, 3.63) is 0 Å². The number of hydrogen-bond acceptors (Lipinski definition) is 2. The van der Waals surface area contributed by atoms with Gasteiger partial charge in [-0.05, 0) is 45.1 Å². The van der Waals surface area contributed by atoms with E-state index < -0.39 is 11.5 Å². The Morgan fingerprint density at radius 1 is 1.38 bits per heavy atom. The lowest BCUT2D eigenvalue weighted by molar-refractivity contribution is -0.156. The van der Waals surface area contributed by atoms with Gasteiger partial charge in [-0.15, -0.1) is 0 Å². The molecule has 1 N–H and O–H groups in total. The van der Waals surface area contributed by atoms with Crippen LogP contribution in [-0.4, -0.2) is 34.1 Å². The molecule has 0 bridgehead atoms. The van der Waals surface area contributed by atoms with Crippen LogP contribution in [0.2, 0.25) is 0 Å². The summed E-state index contributed by atoms with van der Waals surface area (Å²) in [6.07, 6.45) is 3.73. The first-order valence-electron chi connectivity index (χ1n) is 6.49. The Morgan fingerprint density at radius 2 is 1.94 bits per heavy atom. The van der Waals surface area contributed by atoms with Gasteiger partial charge in [-0.25, -0.2) is 0 Å². The van der Waals surface area contributed by atoms with Crippen molar-refractivity contribution in [2.75, 3.05) is 6.54 Å². The molecule has 1 fully saturated rings. The van der Waals surface area contributed by atoms with E-state index in [4.69, 9.17) is 0 Å². The van der Waals surface area contributed by atoms with Crippen molar-refractivity contribution in [2.45, 2.75) is 65.0 Å². The largest absolute Gasteiger partial charge is 0.480 e. The van der Waals surface area contributed by atoms with Crippen LogP contribution in [0.15, 0.2) is 0 Å². The zero-order valence-electron chi connectivity index (χ0n) is 11.0. The summed E-state index contributed by atoms with van der Waals surface area (Å²) in [6.45, 7) is 9.31. The van der Waals surface area contributed by atoms with Crippen LogP contribution >= 0.6 is 0 Å². The summed E-state index contributed by atoms with van der Waals surface area (Å²) in [5, 5.41) is 9.54. The van der Waals surface area contributed by atoms with Crippen molar-refractivity contribution in [3.63, 3.8) is 0 Å². The van der Waals surface area contributed by atoms with Gasteiger partial charge >= 0.3 is 5.97 Å². The minimum atomic E-state index is -0.654. The van der Waals surface area contributed by atoms with Crippen molar-refractivity contribution in [1.29, 1.82) is 0 Å². The quantitative estimate of drug-likeness (QED) is 0.803. The van der Waals surface area contributed by atoms with E-state index in [9.17, 15) is 9.90 Å². The maximum absolute atomic E-state index is 11.6. The van der Waals surface area contributed by atoms with Gasteiger partial charge in [0.15, 0.2) is 0 Å². The molecule has 94 valence electrons. The molecule has 3 heteroatoms. The van der Waals surface area contributed by atoms with E-state index in [1.54, 1.807) is 0 Å². The number of likely N-dealkylation sites (tertiary alicyclic amines) is 1. The summed E-state index contributed by atoms with van der Waals surface area (Å²) in [5.74, 6) is -0.0518. The van der Waals surface area contributed by atoms with Crippen LogP contribution in [0.3, 0.4) is 0 Å². The van der Waals surface area contributed by atoms with E-state index >= 15 is 0 Å². The minimum Gasteiger partial charge on any atom is -0.480 e. The molecule has 0 spiro atoms. The van der Waals surface area contributed by atoms with Crippen LogP contribution < -0.4 is 0 Å². The topological polar surface area (TPSA) is 40.5 Å². The summed E-state index contributed by atoms with van der Waals surface area (Å²) in [7, 11) is 0. The van der Waals surface area contributed by atoms with Gasteiger partial charge in [0, 0.05) is 6.04 Å². The number of hydrogen-bond donors (Lipinski definition) is 1. The van der Waals surface area contributed by atoms with Crippen molar-refractivity contribution in [2.24, 2.45) is 5.92 Å². The van der Waals surface area contributed by atoms with E-state index in [2.05, 4.69) is 18.7 Å². The number of piperidine rings is 1. The minimum absolute atomic E-state index is 0.379. The maximum Gasteiger partial charge on any atom is 0.324 e. The fraction of sp³-hybridized carbons (Fsp3) is 0.923. The van der Waals surface area contributed by atoms with Crippen LogP contribution in [0.4, 0.5) is 0 Å². The third-order valence-electron chi connectivity index (χ3n) is 4.49. The molecule has 0 saturated carbocycles. The molecular weight excluding hydrogens is 202 g/mol. The second-order valence-corrected chi connectivity index (χ2v) is 5.10. The predicted octanol–water partition coefficient (Wildman–Crippen LogP) is 2.75. The summed E-state index contributed by atoms with van der Waals surface area (Å²) in [4.78, 5) is 13.8. The average Bonchev–Trinajstić information content (AvgIpc) is 2.26. The van der Waals surface area contributed by atoms with Crippen LogP contribution in [0, 0.1) is 5.92 Å². The molecule has 0 aromatic carbocycles. The Bertz CT molecular complexity index is 248. The molecule has 0 aliphatic carbocycles. The van der Waals surface area contributed by atoms with Gasteiger partial charge < -0.3 is 5.11 Å². The number of nitrogens with zero attached hydrogens (tertiary/aromatic N) is 1. The lowest BCUT2D eigenvalue weighted by atomic mass is 9.83. The predicted molar refractivity (Wildman–Crippen MR) is 65.5 cm³/mol. The Balaban J connectivity index is 2.97. The van der Waals surface area contributed by atoms with E-state index in [0.717, 1.165) is 13.0 Å². The number of rotatable bonds is 4. The smallest absolute Gasteiger partial charge is 0.324 e. The molecule has 3 nitrogen and oxygen atoms in total. The molecule has 16 heavy (non-hydrogen) atoms. The van der Waals surface area contributed by atoms with Gasteiger partial charge in [0.2, 0.25) is 0 Å². The molecule has 0 amide bonds. The number of carbonyl (C=O) groups is 1. The summed E-state index contributed by atoms with van der Waals surface area (Å²) in [6, 6.07) is 0.379. The molecule has 2 unspecified atom stereocenters. The van der Waals surface area contributed by atoms with Crippen LogP contribution in [0.25, 0.3) is 0 Å². The molecular formula is C13H25NO2. The van der Waals surface area contributed by atoms with Crippen molar-refractivity contribution in [3.8, 4) is 0 Å². The van der Waals surface area contributed by atoms with Gasteiger partial charge in [-0.1, -0.05) is 20.8 Å². The van der Waals surface area contributed by atoms with Gasteiger partial charge in [0.1, 0.15) is 5.54 Å². The fourth-order valence-corrected chi connectivity index (χ4v) is 3.02. The van der Waals surface area contributed by atoms with Gasteiger partial charge in [-0.3, -0.25) is 9.69 Å². The lowest BCUT2D eigenvalue weighted by Gasteiger charge is -2.48. The summed E-state index contributed by atoms with van der Waals surface area (Å²) < 4.78 is 0. The second kappa shape index (κ2) is 5.17. The zero-order valence-corrected chi connectivity index (χ0v) is 11.0. The van der Waals surface area contributed by atoms with Crippen LogP contribution in [-0.2, 0) is 4.79 Å².